The Bertz CT molecular complexity index is 840. The number of rotatable bonds is 2. The highest BCUT2D eigenvalue weighted by Crippen LogP contribution is 2.24. The molecule has 2 aromatic carbocycles. The Balaban J connectivity index is 2.12. The minimum Gasteiger partial charge on any atom is -0.508 e. The molecule has 6 nitrogen and oxygen atoms in total. The monoisotopic (exact) mass is 279 g/mol. The van der Waals surface area contributed by atoms with Crippen LogP contribution in [0.1, 0.15) is 11.1 Å². The number of phenolic OH excluding ortho intramolecular Hbond substituents is 1. The molecule has 0 fully saturated rings. The molecule has 21 heavy (non-hydrogen) atoms. The van der Waals surface area contributed by atoms with E-state index in [1.165, 1.54) is 6.33 Å². The number of aromatic nitrogens is 2. The largest absolute Gasteiger partial charge is 0.508 e. The minimum atomic E-state index is 0.167. The molecule has 1 aromatic heterocycles. The number of nitrogen functional groups attached to an aromatic ring is 2. The van der Waals surface area contributed by atoms with Gasteiger partial charge in [-0.2, -0.15) is 0 Å². The molecule has 6 N–H and O–H groups in total. The van der Waals surface area contributed by atoms with Crippen molar-refractivity contribution in [1.82, 2.24) is 9.97 Å². The fourth-order valence-electron chi connectivity index (χ4n) is 2.20. The summed E-state index contributed by atoms with van der Waals surface area (Å²) in [6.45, 7) is 0. The third-order valence-corrected chi connectivity index (χ3v) is 3.27. The topological polar surface area (TPSA) is 122 Å². The first kappa shape index (κ1) is 12.9. The lowest BCUT2D eigenvalue weighted by molar-refractivity contribution is 0.476. The van der Waals surface area contributed by atoms with Crippen molar-refractivity contribution in [3.63, 3.8) is 0 Å². The highest BCUT2D eigenvalue weighted by Gasteiger charge is 2.14. The molecule has 0 atom stereocenters. The van der Waals surface area contributed by atoms with Crippen molar-refractivity contribution in [2.24, 2.45) is 0 Å². The molecule has 0 spiro atoms. The Morgan fingerprint density at radius 3 is 2.29 bits per heavy atom. The van der Waals surface area contributed by atoms with Gasteiger partial charge in [0.2, 0.25) is 0 Å². The van der Waals surface area contributed by atoms with E-state index in [4.69, 9.17) is 16.9 Å². The van der Waals surface area contributed by atoms with E-state index in [0.717, 1.165) is 10.8 Å². The van der Waals surface area contributed by atoms with E-state index < -0.39 is 0 Å². The Hall–Kier alpha value is -3.15. The van der Waals surface area contributed by atoms with Gasteiger partial charge in [0.15, 0.2) is 0 Å². The molecule has 3 rings (SSSR count). The number of nitrogens with two attached hydrogens (primary N) is 2. The first-order chi connectivity index (χ1) is 10.1. The normalized spacial score (nSPS) is 10.7. The molecule has 104 valence electrons. The van der Waals surface area contributed by atoms with E-state index in [0.29, 0.717) is 11.1 Å². The Kier molecular flexibility index (Phi) is 2.91. The van der Waals surface area contributed by atoms with Crippen LogP contribution < -0.4 is 11.5 Å². The summed E-state index contributed by atoms with van der Waals surface area (Å²) in [7, 11) is 0. The van der Waals surface area contributed by atoms with Crippen LogP contribution in [0.4, 0.5) is 11.6 Å². The van der Waals surface area contributed by atoms with Gasteiger partial charge in [-0.25, -0.2) is 9.97 Å². The van der Waals surface area contributed by atoms with Crippen molar-refractivity contribution >= 4 is 28.1 Å². The Morgan fingerprint density at radius 2 is 1.57 bits per heavy atom. The molecule has 0 radical (unpaired) electrons. The van der Waals surface area contributed by atoms with Gasteiger partial charge in [0.25, 0.3) is 0 Å². The quantitative estimate of drug-likeness (QED) is 0.534. The predicted molar refractivity (Wildman–Crippen MR) is 82.4 cm³/mol. The highest BCUT2D eigenvalue weighted by molar-refractivity contribution is 6.17. The number of fused-ring (bicyclic) bond motifs is 1. The summed E-state index contributed by atoms with van der Waals surface area (Å²) < 4.78 is 0. The number of hydrogen-bond donors (Lipinski definition) is 4. The minimum absolute atomic E-state index is 0.167. The summed E-state index contributed by atoms with van der Waals surface area (Å²) in [5.74, 6) is 0.562. The Morgan fingerprint density at radius 1 is 0.952 bits per heavy atom. The zero-order valence-electron chi connectivity index (χ0n) is 11.0. The standard InChI is InChI=1S/C15H13N5O/c16-13(12-14(17)19-7-20-15(12)18)10-2-1-9-6-11(21)4-3-8(9)5-10/h1-7,16,21H,(H4,17,18,19,20). The van der Waals surface area contributed by atoms with Gasteiger partial charge in [0.05, 0.1) is 11.3 Å². The molecule has 3 aromatic rings. The van der Waals surface area contributed by atoms with Crippen molar-refractivity contribution in [1.29, 1.82) is 5.41 Å². The van der Waals surface area contributed by atoms with Crippen molar-refractivity contribution in [3.8, 4) is 5.75 Å². The smallest absolute Gasteiger partial charge is 0.138 e. The van der Waals surface area contributed by atoms with E-state index >= 15 is 0 Å². The lowest BCUT2D eigenvalue weighted by Crippen LogP contribution is -2.11. The molecule has 0 unspecified atom stereocenters. The lowest BCUT2D eigenvalue weighted by atomic mass is 9.99. The van der Waals surface area contributed by atoms with Crippen LogP contribution in [0.3, 0.4) is 0 Å². The van der Waals surface area contributed by atoms with Crippen LogP contribution in [-0.4, -0.2) is 20.8 Å². The first-order valence-corrected chi connectivity index (χ1v) is 6.24. The fraction of sp³-hybridized carbons (Fsp3) is 0. The maximum Gasteiger partial charge on any atom is 0.138 e. The van der Waals surface area contributed by atoms with Crippen molar-refractivity contribution in [3.05, 3.63) is 53.9 Å². The van der Waals surface area contributed by atoms with Crippen LogP contribution in [-0.2, 0) is 0 Å². The summed E-state index contributed by atoms with van der Waals surface area (Å²) in [6, 6.07) is 10.5. The van der Waals surface area contributed by atoms with Crippen LogP contribution in [0, 0.1) is 5.41 Å². The molecule has 6 heteroatoms. The Labute approximate surface area is 120 Å². The molecule has 0 amide bonds. The van der Waals surface area contributed by atoms with Gasteiger partial charge < -0.3 is 16.6 Å². The SMILES string of the molecule is N=C(c1ccc2cc(O)ccc2c1)c1c(N)ncnc1N. The highest BCUT2D eigenvalue weighted by atomic mass is 16.3. The van der Waals surface area contributed by atoms with Gasteiger partial charge in [0.1, 0.15) is 23.7 Å². The molecule has 0 aliphatic carbocycles. The van der Waals surface area contributed by atoms with E-state index in [1.807, 2.05) is 12.1 Å². The zero-order chi connectivity index (χ0) is 15.0. The molecule has 0 bridgehead atoms. The van der Waals surface area contributed by atoms with Crippen molar-refractivity contribution in [2.45, 2.75) is 0 Å². The first-order valence-electron chi connectivity index (χ1n) is 6.24. The molecular weight excluding hydrogens is 266 g/mol. The number of nitrogens with one attached hydrogen (secondary N) is 1. The van der Waals surface area contributed by atoms with Crippen LogP contribution in [0.5, 0.6) is 5.75 Å². The summed E-state index contributed by atoms with van der Waals surface area (Å²) in [4.78, 5) is 7.75. The maximum atomic E-state index is 9.47. The van der Waals surface area contributed by atoms with Gasteiger partial charge in [0, 0.05) is 5.56 Å². The predicted octanol–water partition coefficient (Wildman–Crippen LogP) is 1.92. The second-order valence-electron chi connectivity index (χ2n) is 4.64. The molecule has 0 aliphatic heterocycles. The fourth-order valence-corrected chi connectivity index (χ4v) is 2.20. The van der Waals surface area contributed by atoms with Gasteiger partial charge in [-0.3, -0.25) is 5.41 Å². The van der Waals surface area contributed by atoms with Crippen LogP contribution in [0.2, 0.25) is 0 Å². The van der Waals surface area contributed by atoms with E-state index in [9.17, 15) is 5.11 Å². The summed E-state index contributed by atoms with van der Waals surface area (Å²) in [5.41, 5.74) is 12.7. The summed E-state index contributed by atoms with van der Waals surface area (Å²) in [5, 5.41) is 19.5. The number of anilines is 2. The second kappa shape index (κ2) is 4.75. The average Bonchev–Trinajstić information content (AvgIpc) is 2.46. The number of aromatic hydroxyl groups is 1. The van der Waals surface area contributed by atoms with Gasteiger partial charge in [-0.1, -0.05) is 18.2 Å². The second-order valence-corrected chi connectivity index (χ2v) is 4.64. The lowest BCUT2D eigenvalue weighted by Gasteiger charge is -2.10. The third-order valence-electron chi connectivity index (χ3n) is 3.27. The van der Waals surface area contributed by atoms with Gasteiger partial charge in [-0.15, -0.1) is 0 Å². The van der Waals surface area contributed by atoms with E-state index in [2.05, 4.69) is 9.97 Å². The molecular formula is C15H13N5O. The van der Waals surface area contributed by atoms with E-state index in [1.54, 1.807) is 24.3 Å². The molecule has 0 aliphatic rings. The third kappa shape index (κ3) is 2.23. The number of nitrogens with zero attached hydrogens (tertiary/aromatic N) is 2. The van der Waals surface area contributed by atoms with Gasteiger partial charge >= 0.3 is 0 Å². The van der Waals surface area contributed by atoms with Crippen molar-refractivity contribution < 1.29 is 5.11 Å². The molecule has 0 saturated carbocycles. The zero-order valence-corrected chi connectivity index (χ0v) is 11.0. The number of benzene rings is 2. The van der Waals surface area contributed by atoms with Crippen LogP contribution in [0.15, 0.2) is 42.7 Å². The molecule has 0 saturated heterocycles. The number of hydrogen-bond acceptors (Lipinski definition) is 6. The maximum absolute atomic E-state index is 9.47. The number of phenols is 1. The summed E-state index contributed by atoms with van der Waals surface area (Å²) in [6.07, 6.45) is 1.27. The molecule has 1 heterocycles. The van der Waals surface area contributed by atoms with Crippen LogP contribution in [0.25, 0.3) is 10.8 Å². The van der Waals surface area contributed by atoms with Crippen molar-refractivity contribution in [2.75, 3.05) is 11.5 Å². The average molecular weight is 279 g/mol. The van der Waals surface area contributed by atoms with E-state index in [-0.39, 0.29) is 23.1 Å². The van der Waals surface area contributed by atoms with Crippen LogP contribution >= 0.6 is 0 Å². The summed E-state index contributed by atoms with van der Waals surface area (Å²) >= 11 is 0. The van der Waals surface area contributed by atoms with Gasteiger partial charge in [-0.05, 0) is 29.0 Å².